The highest BCUT2D eigenvalue weighted by Crippen LogP contribution is 2.51. The summed E-state index contributed by atoms with van der Waals surface area (Å²) in [6.45, 7) is 4.76. The molecule has 4 fully saturated rings. The molecule has 5 N–H and O–H groups in total. The van der Waals surface area contributed by atoms with Gasteiger partial charge in [0, 0.05) is 10.9 Å². The molecule has 1 aromatic carbocycles. The molecule has 0 unspecified atom stereocenters. The zero-order valence-corrected chi connectivity index (χ0v) is 25.4. The van der Waals surface area contributed by atoms with E-state index in [0.717, 1.165) is 4.90 Å². The van der Waals surface area contributed by atoms with E-state index in [1.54, 1.807) is 38.1 Å². The topological polar surface area (TPSA) is 235 Å². The average molecular weight is 650 g/mol. The van der Waals surface area contributed by atoms with Crippen LogP contribution in [0.4, 0.5) is 0 Å². The SMILES string of the molecule is CC1(C)S[C@@H]2[C@H](NC(=O)[C@H](N)c3ccccc3)C(=O)N2[C@H]1C(=O)O.C[C@]1(Cn2ccnn2)[C@H](C(=O)O)N2C(=O)C[C@H]2S1(=O)=O. The van der Waals surface area contributed by atoms with Gasteiger partial charge in [0.15, 0.2) is 15.9 Å². The molecule has 7 atom stereocenters. The molecule has 18 heteroatoms. The molecule has 4 aliphatic heterocycles. The van der Waals surface area contributed by atoms with E-state index in [2.05, 4.69) is 15.6 Å². The molecule has 0 bridgehead atoms. The van der Waals surface area contributed by atoms with Crippen LogP contribution in [0.5, 0.6) is 0 Å². The van der Waals surface area contributed by atoms with Gasteiger partial charge in [-0.2, -0.15) is 0 Å². The second kappa shape index (κ2) is 10.8. The minimum Gasteiger partial charge on any atom is -0.480 e. The highest BCUT2D eigenvalue weighted by molar-refractivity contribution is 8.01. The summed E-state index contributed by atoms with van der Waals surface area (Å²) in [5.41, 5.74) is 6.59. The molecule has 16 nitrogen and oxygen atoms in total. The Hall–Kier alpha value is -4.03. The Balaban J connectivity index is 0.000000177. The lowest BCUT2D eigenvalue weighted by atomic mass is 9.95. The molecule has 0 spiro atoms. The van der Waals surface area contributed by atoms with Gasteiger partial charge in [0.1, 0.15) is 33.6 Å². The standard InChI is InChI=1S/C16H19N3O4S.C10H12N4O5S/c1-16(2)11(15(22)23)19-13(21)10(14(19)24-16)18-12(20)9(17)8-6-4-3-5-7-8;1-10(5-13-3-2-11-12-13)8(9(16)17)14-6(15)4-7(14)20(10,18)19/h3-7,9-11,14H,17H2,1-2H3,(H,18,20)(H,22,23);2-3,7-8H,4-5H2,1H3,(H,16,17)/t9-,10-,11+,14-;7-,8+,10+/m11/s1. The molecule has 0 radical (unpaired) electrons. The van der Waals surface area contributed by atoms with Crippen molar-refractivity contribution in [3.63, 3.8) is 0 Å². The molecule has 6 rings (SSSR count). The largest absolute Gasteiger partial charge is 0.480 e. The van der Waals surface area contributed by atoms with E-state index in [-0.39, 0.29) is 24.2 Å². The van der Waals surface area contributed by atoms with Gasteiger partial charge in [0.05, 0.1) is 19.2 Å². The lowest BCUT2D eigenvalue weighted by Crippen LogP contribution is -2.71. The Morgan fingerprint density at radius 1 is 1.09 bits per heavy atom. The number of carbonyl (C=O) groups excluding carboxylic acids is 3. The number of amides is 3. The maximum atomic E-state index is 12.5. The van der Waals surface area contributed by atoms with Gasteiger partial charge in [-0.15, -0.1) is 16.9 Å². The van der Waals surface area contributed by atoms with Crippen molar-refractivity contribution in [1.82, 2.24) is 30.1 Å². The Labute approximate surface area is 255 Å². The Morgan fingerprint density at radius 3 is 2.27 bits per heavy atom. The molecule has 0 aliphatic carbocycles. The van der Waals surface area contributed by atoms with E-state index in [1.807, 2.05) is 6.07 Å². The molecule has 5 heterocycles. The number of thioether (sulfide) groups is 1. The number of nitrogens with zero attached hydrogens (tertiary/aromatic N) is 5. The minimum absolute atomic E-state index is 0.154. The highest BCUT2D eigenvalue weighted by Gasteiger charge is 2.70. The zero-order valence-electron chi connectivity index (χ0n) is 23.8. The van der Waals surface area contributed by atoms with E-state index in [0.29, 0.717) is 5.56 Å². The van der Waals surface area contributed by atoms with Crippen molar-refractivity contribution in [2.75, 3.05) is 0 Å². The number of carbonyl (C=O) groups is 5. The van der Waals surface area contributed by atoms with Gasteiger partial charge in [-0.05, 0) is 26.3 Å². The summed E-state index contributed by atoms with van der Waals surface area (Å²) in [5, 5.41) is 27.2. The smallest absolute Gasteiger partial charge is 0.328 e. The van der Waals surface area contributed by atoms with Crippen LogP contribution < -0.4 is 11.1 Å². The number of benzene rings is 1. The molecular formula is C26H31N7O9S2. The number of nitrogens with one attached hydrogen (secondary N) is 1. The second-order valence-corrected chi connectivity index (χ2v) is 16.0. The van der Waals surface area contributed by atoms with Gasteiger partial charge in [-0.1, -0.05) is 35.5 Å². The van der Waals surface area contributed by atoms with Crippen molar-refractivity contribution in [3.05, 3.63) is 48.3 Å². The van der Waals surface area contributed by atoms with Gasteiger partial charge in [-0.25, -0.2) is 18.0 Å². The summed E-state index contributed by atoms with van der Waals surface area (Å²) in [6, 6.07) is 4.98. The van der Waals surface area contributed by atoms with Crippen molar-refractivity contribution in [3.8, 4) is 0 Å². The van der Waals surface area contributed by atoms with Crippen molar-refractivity contribution in [2.24, 2.45) is 5.73 Å². The summed E-state index contributed by atoms with van der Waals surface area (Å²) >= 11 is 1.38. The van der Waals surface area contributed by atoms with Crippen molar-refractivity contribution < 1.29 is 42.6 Å². The number of nitrogens with two attached hydrogens (primary N) is 1. The fraction of sp³-hybridized carbons (Fsp3) is 0.500. The fourth-order valence-electron chi connectivity index (χ4n) is 6.13. The quantitative estimate of drug-likeness (QED) is 0.258. The third-order valence-electron chi connectivity index (χ3n) is 8.41. The number of rotatable bonds is 7. The summed E-state index contributed by atoms with van der Waals surface area (Å²) in [4.78, 5) is 61.4. The third kappa shape index (κ3) is 4.80. The van der Waals surface area contributed by atoms with Crippen LogP contribution in [0, 0.1) is 0 Å². The number of fused-ring (bicyclic) bond motifs is 2. The van der Waals surface area contributed by atoms with Crippen molar-refractivity contribution in [1.29, 1.82) is 0 Å². The predicted molar refractivity (Wildman–Crippen MR) is 153 cm³/mol. The van der Waals surface area contributed by atoms with Gasteiger partial charge in [0.25, 0.3) is 0 Å². The number of aromatic nitrogens is 3. The molecule has 4 saturated heterocycles. The molecule has 4 aliphatic rings. The van der Waals surface area contributed by atoms with E-state index in [4.69, 9.17) is 5.73 Å². The van der Waals surface area contributed by atoms with Gasteiger partial charge in [-0.3, -0.25) is 19.1 Å². The Kier molecular flexibility index (Phi) is 7.74. The van der Waals surface area contributed by atoms with Crippen LogP contribution in [0.15, 0.2) is 42.7 Å². The number of carboxylic acid groups (broad SMARTS) is 2. The van der Waals surface area contributed by atoms with Crippen LogP contribution in [0.1, 0.15) is 38.8 Å². The van der Waals surface area contributed by atoms with E-state index >= 15 is 0 Å². The van der Waals surface area contributed by atoms with Crippen LogP contribution in [-0.2, 0) is 40.4 Å². The number of sulfone groups is 1. The lowest BCUT2D eigenvalue weighted by molar-refractivity contribution is -0.161. The first-order chi connectivity index (χ1) is 20.5. The highest BCUT2D eigenvalue weighted by atomic mass is 32.2. The normalized spacial score (nSPS) is 31.4. The first kappa shape index (κ1) is 31.4. The summed E-state index contributed by atoms with van der Waals surface area (Å²) in [5.74, 6) is -3.63. The van der Waals surface area contributed by atoms with Gasteiger partial charge >= 0.3 is 11.9 Å². The predicted octanol–water partition coefficient (Wildman–Crippen LogP) is -1.21. The van der Waals surface area contributed by atoms with Crippen molar-refractivity contribution >= 4 is 51.3 Å². The number of hydrogen-bond donors (Lipinski definition) is 4. The fourth-order valence-corrected chi connectivity index (χ4v) is 10.1. The monoisotopic (exact) mass is 649 g/mol. The number of carboxylic acids is 2. The van der Waals surface area contributed by atoms with Gasteiger partial charge < -0.3 is 31.1 Å². The minimum atomic E-state index is -3.80. The molecule has 44 heavy (non-hydrogen) atoms. The maximum absolute atomic E-state index is 12.5. The zero-order chi connectivity index (χ0) is 32.4. The Bertz CT molecular complexity index is 1620. The van der Waals surface area contributed by atoms with Crippen LogP contribution >= 0.6 is 11.8 Å². The van der Waals surface area contributed by atoms with Crippen LogP contribution in [-0.4, -0.2) is 111 Å². The molecular weight excluding hydrogens is 618 g/mol. The van der Waals surface area contributed by atoms with Gasteiger partial charge in [0.2, 0.25) is 17.7 Å². The summed E-state index contributed by atoms with van der Waals surface area (Å²) in [7, 11) is -3.80. The maximum Gasteiger partial charge on any atom is 0.328 e. The van der Waals surface area contributed by atoms with Crippen molar-refractivity contribution in [2.45, 2.75) is 78.1 Å². The van der Waals surface area contributed by atoms with Crippen LogP contribution in [0.2, 0.25) is 0 Å². The summed E-state index contributed by atoms with van der Waals surface area (Å²) < 4.78 is 24.1. The van der Waals surface area contributed by atoms with E-state index in [9.17, 15) is 42.6 Å². The first-order valence-corrected chi connectivity index (χ1v) is 15.9. The first-order valence-electron chi connectivity index (χ1n) is 13.5. The summed E-state index contributed by atoms with van der Waals surface area (Å²) in [6.07, 6.45) is 2.68. The second-order valence-electron chi connectivity index (χ2n) is 11.6. The van der Waals surface area contributed by atoms with Crippen LogP contribution in [0.3, 0.4) is 0 Å². The lowest BCUT2D eigenvalue weighted by Gasteiger charge is -2.43. The molecule has 236 valence electrons. The molecule has 1 aromatic heterocycles. The average Bonchev–Trinajstić information content (AvgIpc) is 3.59. The number of hydrogen-bond acceptors (Lipinski definition) is 11. The molecule has 3 amide bonds. The molecule has 2 aromatic rings. The number of aliphatic carboxylic acids is 2. The molecule has 0 saturated carbocycles. The third-order valence-corrected chi connectivity index (χ3v) is 12.7. The number of β-lactam (4-membered cyclic amide) rings is 2. The van der Waals surface area contributed by atoms with E-state index in [1.165, 1.54) is 40.7 Å². The Morgan fingerprint density at radius 2 is 1.73 bits per heavy atom. The van der Waals surface area contributed by atoms with E-state index < -0.39 is 72.6 Å². The van der Waals surface area contributed by atoms with Crippen LogP contribution in [0.25, 0.3) is 0 Å².